The second-order valence-electron chi connectivity index (χ2n) is 3.14. The van der Waals surface area contributed by atoms with Crippen LogP contribution in [0.5, 0.6) is 0 Å². The minimum absolute atomic E-state index is 0.340. The van der Waals surface area contributed by atoms with Crippen LogP contribution in [0, 0.1) is 0 Å². The van der Waals surface area contributed by atoms with Crippen LogP contribution >= 0.6 is 15.9 Å². The van der Waals surface area contributed by atoms with Crippen LogP contribution < -0.4 is 0 Å². The number of carbonyl (C=O) groups is 1. The van der Waals surface area contributed by atoms with Gasteiger partial charge in [0.2, 0.25) is 0 Å². The molecular formula is C12H13BrO2. The first-order valence-corrected chi connectivity index (χ1v) is 5.55. The number of benzene rings is 1. The van der Waals surface area contributed by atoms with E-state index in [2.05, 4.69) is 27.6 Å². The van der Waals surface area contributed by atoms with E-state index in [0.29, 0.717) is 4.83 Å². The Morgan fingerprint density at radius 1 is 1.40 bits per heavy atom. The minimum atomic E-state index is -0.340. The molecule has 0 fully saturated rings. The van der Waals surface area contributed by atoms with Crippen molar-refractivity contribution >= 4 is 28.0 Å². The van der Waals surface area contributed by atoms with Crippen molar-refractivity contribution in [2.24, 2.45) is 0 Å². The highest BCUT2D eigenvalue weighted by Gasteiger charge is 1.99. The van der Waals surface area contributed by atoms with Gasteiger partial charge in [0.25, 0.3) is 0 Å². The van der Waals surface area contributed by atoms with E-state index in [9.17, 15) is 4.79 Å². The first kappa shape index (κ1) is 12.0. The van der Waals surface area contributed by atoms with Crippen molar-refractivity contribution in [1.29, 1.82) is 0 Å². The zero-order valence-corrected chi connectivity index (χ0v) is 10.3. The van der Waals surface area contributed by atoms with E-state index in [1.165, 1.54) is 18.7 Å². The van der Waals surface area contributed by atoms with E-state index in [1.807, 2.05) is 24.3 Å². The highest BCUT2D eigenvalue weighted by molar-refractivity contribution is 9.09. The molecular weight excluding hydrogens is 256 g/mol. The van der Waals surface area contributed by atoms with Crippen molar-refractivity contribution in [3.05, 3.63) is 41.5 Å². The molecule has 1 rings (SSSR count). The number of rotatable bonds is 3. The molecule has 0 aliphatic heterocycles. The van der Waals surface area contributed by atoms with Crippen LogP contribution in [0.25, 0.3) is 6.08 Å². The third-order valence-electron chi connectivity index (χ3n) is 2.01. The summed E-state index contributed by atoms with van der Waals surface area (Å²) >= 11 is 3.49. The Morgan fingerprint density at radius 3 is 2.47 bits per heavy atom. The number of alkyl halides is 1. The summed E-state index contributed by atoms with van der Waals surface area (Å²) in [5.74, 6) is -0.340. The van der Waals surface area contributed by atoms with Gasteiger partial charge >= 0.3 is 5.97 Å². The molecule has 80 valence electrons. The van der Waals surface area contributed by atoms with Gasteiger partial charge in [0.1, 0.15) is 0 Å². The van der Waals surface area contributed by atoms with Crippen LogP contribution in [0.3, 0.4) is 0 Å². The van der Waals surface area contributed by atoms with Gasteiger partial charge in [-0.25, -0.2) is 4.79 Å². The van der Waals surface area contributed by atoms with Crippen LogP contribution in [-0.4, -0.2) is 13.1 Å². The largest absolute Gasteiger partial charge is 0.466 e. The van der Waals surface area contributed by atoms with Crippen LogP contribution in [-0.2, 0) is 9.53 Å². The second-order valence-corrected chi connectivity index (χ2v) is 4.51. The lowest BCUT2D eigenvalue weighted by Crippen LogP contribution is -1.93. The number of hydrogen-bond acceptors (Lipinski definition) is 2. The predicted molar refractivity (Wildman–Crippen MR) is 64.8 cm³/mol. The molecule has 1 aromatic rings. The number of hydrogen-bond donors (Lipinski definition) is 0. The molecule has 0 amide bonds. The molecule has 3 heteroatoms. The van der Waals surface area contributed by atoms with Gasteiger partial charge in [-0.05, 0) is 24.1 Å². The summed E-state index contributed by atoms with van der Waals surface area (Å²) in [6.07, 6.45) is 3.14. The Morgan fingerprint density at radius 2 is 2.00 bits per heavy atom. The molecule has 1 unspecified atom stereocenters. The zero-order chi connectivity index (χ0) is 11.3. The molecule has 0 spiro atoms. The fourth-order valence-electron chi connectivity index (χ4n) is 1.10. The lowest BCUT2D eigenvalue weighted by Gasteiger charge is -2.02. The fraction of sp³-hybridized carbons (Fsp3) is 0.250. The van der Waals surface area contributed by atoms with Crippen molar-refractivity contribution in [2.75, 3.05) is 7.11 Å². The van der Waals surface area contributed by atoms with E-state index in [0.717, 1.165) is 5.56 Å². The summed E-state index contributed by atoms with van der Waals surface area (Å²) in [5.41, 5.74) is 2.20. The van der Waals surface area contributed by atoms with E-state index >= 15 is 0 Å². The number of carbonyl (C=O) groups excluding carboxylic acids is 1. The standard InChI is InChI=1S/C12H13BrO2/c1-9(13)11-6-3-10(4-7-11)5-8-12(14)15-2/h3-9H,1-2H3. The summed E-state index contributed by atoms with van der Waals surface area (Å²) in [5, 5.41) is 0. The van der Waals surface area contributed by atoms with Crippen molar-refractivity contribution in [1.82, 2.24) is 0 Å². The molecule has 0 bridgehead atoms. The molecule has 0 N–H and O–H groups in total. The molecule has 0 saturated carbocycles. The van der Waals surface area contributed by atoms with E-state index < -0.39 is 0 Å². The Labute approximate surface area is 98.1 Å². The van der Waals surface area contributed by atoms with Crippen molar-refractivity contribution in [2.45, 2.75) is 11.8 Å². The summed E-state index contributed by atoms with van der Waals surface area (Å²) in [4.78, 5) is 11.2. The Hall–Kier alpha value is -1.09. The average molecular weight is 269 g/mol. The maximum Gasteiger partial charge on any atom is 0.330 e. The lowest BCUT2D eigenvalue weighted by molar-refractivity contribution is -0.134. The minimum Gasteiger partial charge on any atom is -0.466 e. The van der Waals surface area contributed by atoms with Gasteiger partial charge in [-0.1, -0.05) is 40.2 Å². The first-order valence-electron chi connectivity index (χ1n) is 4.63. The highest BCUT2D eigenvalue weighted by atomic mass is 79.9. The van der Waals surface area contributed by atoms with Crippen molar-refractivity contribution in [3.8, 4) is 0 Å². The smallest absolute Gasteiger partial charge is 0.330 e. The summed E-state index contributed by atoms with van der Waals surface area (Å²) < 4.78 is 4.50. The molecule has 2 nitrogen and oxygen atoms in total. The van der Waals surface area contributed by atoms with Crippen LogP contribution in [0.1, 0.15) is 22.9 Å². The molecule has 0 heterocycles. The lowest BCUT2D eigenvalue weighted by atomic mass is 10.1. The average Bonchev–Trinajstić information content (AvgIpc) is 2.26. The van der Waals surface area contributed by atoms with Gasteiger partial charge in [0, 0.05) is 10.9 Å². The molecule has 15 heavy (non-hydrogen) atoms. The Bertz CT molecular complexity index is 352. The monoisotopic (exact) mass is 268 g/mol. The quantitative estimate of drug-likeness (QED) is 0.478. The number of halogens is 1. The first-order chi connectivity index (χ1) is 7.13. The normalized spacial score (nSPS) is 12.7. The van der Waals surface area contributed by atoms with Gasteiger partial charge in [0.15, 0.2) is 0 Å². The topological polar surface area (TPSA) is 26.3 Å². The van der Waals surface area contributed by atoms with Crippen molar-refractivity contribution in [3.63, 3.8) is 0 Å². The zero-order valence-electron chi connectivity index (χ0n) is 8.74. The highest BCUT2D eigenvalue weighted by Crippen LogP contribution is 2.21. The van der Waals surface area contributed by atoms with Gasteiger partial charge in [0.05, 0.1) is 7.11 Å². The van der Waals surface area contributed by atoms with Crippen LogP contribution in [0.15, 0.2) is 30.3 Å². The Balaban J connectivity index is 2.72. The van der Waals surface area contributed by atoms with E-state index in [4.69, 9.17) is 0 Å². The van der Waals surface area contributed by atoms with Gasteiger partial charge in [-0.3, -0.25) is 0 Å². The second kappa shape index (κ2) is 5.71. The third kappa shape index (κ3) is 3.88. The molecule has 0 saturated heterocycles. The summed E-state index contributed by atoms with van der Waals surface area (Å²) in [6.45, 7) is 2.07. The van der Waals surface area contributed by atoms with Gasteiger partial charge in [-0.15, -0.1) is 0 Å². The predicted octanol–water partition coefficient (Wildman–Crippen LogP) is 3.33. The van der Waals surface area contributed by atoms with Crippen LogP contribution in [0.4, 0.5) is 0 Å². The molecule has 0 aliphatic carbocycles. The third-order valence-corrected chi connectivity index (χ3v) is 2.54. The summed E-state index contributed by atoms with van der Waals surface area (Å²) in [7, 11) is 1.36. The van der Waals surface area contributed by atoms with Crippen molar-refractivity contribution < 1.29 is 9.53 Å². The fourth-order valence-corrected chi connectivity index (χ4v) is 1.41. The molecule has 0 aromatic heterocycles. The Kier molecular flexibility index (Phi) is 4.56. The maximum absolute atomic E-state index is 10.8. The summed E-state index contributed by atoms with van der Waals surface area (Å²) in [6, 6.07) is 7.98. The number of methoxy groups -OCH3 is 1. The number of ether oxygens (including phenoxy) is 1. The molecule has 1 atom stereocenters. The van der Waals surface area contributed by atoms with E-state index in [-0.39, 0.29) is 5.97 Å². The van der Waals surface area contributed by atoms with Gasteiger partial charge in [-0.2, -0.15) is 0 Å². The van der Waals surface area contributed by atoms with E-state index in [1.54, 1.807) is 6.08 Å². The maximum atomic E-state index is 10.8. The molecule has 1 aromatic carbocycles. The van der Waals surface area contributed by atoms with Gasteiger partial charge < -0.3 is 4.74 Å². The molecule has 0 radical (unpaired) electrons. The number of esters is 1. The SMILES string of the molecule is COC(=O)C=Cc1ccc(C(C)Br)cc1. The molecule has 0 aliphatic rings. The van der Waals surface area contributed by atoms with Crippen LogP contribution in [0.2, 0.25) is 0 Å².